The van der Waals surface area contributed by atoms with E-state index in [2.05, 4.69) is 16.3 Å². The number of aromatic nitrogens is 4. The van der Waals surface area contributed by atoms with Crippen molar-refractivity contribution in [3.05, 3.63) is 74.8 Å². The molecule has 1 amide bonds. The summed E-state index contributed by atoms with van der Waals surface area (Å²) in [6.07, 6.45) is 0. The number of likely N-dealkylation sites (tertiary alicyclic amines) is 1. The normalized spacial score (nSPS) is 14.1. The average molecular weight is 391 g/mol. The maximum absolute atomic E-state index is 12.7. The number of hydrogen-bond donors (Lipinski definition) is 0. The van der Waals surface area contributed by atoms with E-state index >= 15 is 0 Å². The van der Waals surface area contributed by atoms with E-state index in [0.29, 0.717) is 25.5 Å². The fourth-order valence-electron chi connectivity index (χ4n) is 3.92. The summed E-state index contributed by atoms with van der Waals surface area (Å²) in [6, 6.07) is 11.1. The highest BCUT2D eigenvalue weighted by atomic mass is 16.2. The Hall–Kier alpha value is -3.22. The zero-order valence-electron chi connectivity index (χ0n) is 17.2. The van der Waals surface area contributed by atoms with Crippen LogP contribution in [0.3, 0.4) is 0 Å². The van der Waals surface area contributed by atoms with Gasteiger partial charge < -0.3 is 4.90 Å². The van der Waals surface area contributed by atoms with Crippen molar-refractivity contribution in [1.29, 1.82) is 0 Å². The third kappa shape index (κ3) is 3.85. The van der Waals surface area contributed by atoms with Gasteiger partial charge in [-0.15, -0.1) is 5.10 Å². The van der Waals surface area contributed by atoms with Gasteiger partial charge in [0.2, 0.25) is 0 Å². The lowest BCUT2D eigenvalue weighted by Crippen LogP contribution is -2.52. The molecule has 0 aliphatic carbocycles. The minimum atomic E-state index is -0.144. The first kappa shape index (κ1) is 19.1. The monoisotopic (exact) mass is 391 g/mol. The van der Waals surface area contributed by atoms with Gasteiger partial charge in [0.25, 0.3) is 11.5 Å². The number of aryl methyl sites for hydroxylation is 4. The maximum Gasteiger partial charge on any atom is 0.266 e. The van der Waals surface area contributed by atoms with Gasteiger partial charge in [-0.25, -0.2) is 9.36 Å². The molecule has 0 N–H and O–H groups in total. The highest BCUT2D eigenvalue weighted by Gasteiger charge is 2.32. The van der Waals surface area contributed by atoms with Gasteiger partial charge in [-0.1, -0.05) is 17.2 Å². The number of benzene rings is 1. The Morgan fingerprint density at radius 2 is 1.69 bits per heavy atom. The molecule has 0 unspecified atom stereocenters. The highest BCUT2D eigenvalue weighted by molar-refractivity contribution is 5.95. The molecular weight excluding hydrogens is 366 g/mol. The van der Waals surface area contributed by atoms with Gasteiger partial charge >= 0.3 is 0 Å². The van der Waals surface area contributed by atoms with Crippen molar-refractivity contribution in [3.63, 3.8) is 0 Å². The quantitative estimate of drug-likeness (QED) is 0.685. The third-order valence-corrected chi connectivity index (χ3v) is 5.22. The predicted octanol–water partition coefficient (Wildman–Crippen LogP) is 2.43. The van der Waals surface area contributed by atoms with E-state index < -0.39 is 0 Å². The molecule has 1 saturated heterocycles. The molecule has 7 nitrogen and oxygen atoms in total. The minimum Gasteiger partial charge on any atom is -0.338 e. The molecule has 4 rings (SSSR count). The fraction of sp³-hybridized carbons (Fsp3) is 0.364. The third-order valence-electron chi connectivity index (χ3n) is 5.22. The Kier molecular flexibility index (Phi) is 4.82. The van der Waals surface area contributed by atoms with Crippen molar-refractivity contribution in [1.82, 2.24) is 24.5 Å². The second-order valence-electron chi connectivity index (χ2n) is 8.00. The van der Waals surface area contributed by atoms with Crippen LogP contribution in [-0.2, 0) is 6.54 Å². The van der Waals surface area contributed by atoms with E-state index in [1.807, 2.05) is 50.8 Å². The Morgan fingerprint density at radius 3 is 2.31 bits per heavy atom. The van der Waals surface area contributed by atoms with Crippen LogP contribution in [0.4, 0.5) is 0 Å². The minimum absolute atomic E-state index is 0.0461. The fourth-order valence-corrected chi connectivity index (χ4v) is 3.92. The molecule has 3 heterocycles. The van der Waals surface area contributed by atoms with Gasteiger partial charge in [0.1, 0.15) is 0 Å². The first-order chi connectivity index (χ1) is 13.8. The van der Waals surface area contributed by atoms with Crippen LogP contribution < -0.4 is 5.56 Å². The van der Waals surface area contributed by atoms with Crippen LogP contribution in [0.25, 0.3) is 5.82 Å². The summed E-state index contributed by atoms with van der Waals surface area (Å²) >= 11 is 0. The smallest absolute Gasteiger partial charge is 0.266 e. The summed E-state index contributed by atoms with van der Waals surface area (Å²) in [4.78, 5) is 26.8. The van der Waals surface area contributed by atoms with Gasteiger partial charge in [-0.3, -0.25) is 9.59 Å². The number of rotatable bonds is 4. The zero-order chi connectivity index (χ0) is 20.7. The molecule has 1 aliphatic rings. The molecule has 1 aromatic carbocycles. The van der Waals surface area contributed by atoms with Crippen molar-refractivity contribution in [3.8, 4) is 5.82 Å². The SMILES string of the molecule is Cc1cc(C)cc(C(=O)N2CC(Cn3nc(-n4nc(C)cc4C)ccc3=O)C2)c1. The maximum atomic E-state index is 12.7. The molecule has 0 spiro atoms. The summed E-state index contributed by atoms with van der Waals surface area (Å²) in [5, 5.41) is 8.92. The summed E-state index contributed by atoms with van der Waals surface area (Å²) < 4.78 is 3.22. The highest BCUT2D eigenvalue weighted by Crippen LogP contribution is 2.21. The van der Waals surface area contributed by atoms with Gasteiger partial charge in [-0.05, 0) is 52.0 Å². The number of amides is 1. The van der Waals surface area contributed by atoms with Crippen molar-refractivity contribution >= 4 is 5.91 Å². The Balaban J connectivity index is 1.45. The molecule has 29 heavy (non-hydrogen) atoms. The van der Waals surface area contributed by atoms with Crippen molar-refractivity contribution < 1.29 is 4.79 Å². The Bertz CT molecular complexity index is 1120. The van der Waals surface area contributed by atoms with Crippen molar-refractivity contribution in [2.45, 2.75) is 34.2 Å². The Labute approximate surface area is 169 Å². The predicted molar refractivity (Wildman–Crippen MR) is 110 cm³/mol. The van der Waals surface area contributed by atoms with Crippen LogP contribution in [0.5, 0.6) is 0 Å². The lowest BCUT2D eigenvalue weighted by Gasteiger charge is -2.39. The lowest BCUT2D eigenvalue weighted by molar-refractivity contribution is 0.0458. The number of carbonyl (C=O) groups is 1. The van der Waals surface area contributed by atoms with Crippen LogP contribution in [-0.4, -0.2) is 43.5 Å². The second kappa shape index (κ2) is 7.31. The van der Waals surface area contributed by atoms with Crippen molar-refractivity contribution in [2.75, 3.05) is 13.1 Å². The van der Waals surface area contributed by atoms with E-state index in [0.717, 1.165) is 28.1 Å². The van der Waals surface area contributed by atoms with Gasteiger partial charge in [0.15, 0.2) is 5.82 Å². The first-order valence-electron chi connectivity index (χ1n) is 9.79. The van der Waals surface area contributed by atoms with E-state index in [1.54, 1.807) is 10.7 Å². The van der Waals surface area contributed by atoms with Crippen LogP contribution in [0.15, 0.2) is 41.2 Å². The number of nitrogens with zero attached hydrogens (tertiary/aromatic N) is 5. The van der Waals surface area contributed by atoms with Gasteiger partial charge in [-0.2, -0.15) is 5.10 Å². The molecular formula is C22H25N5O2. The molecule has 7 heteroatoms. The molecule has 0 radical (unpaired) electrons. The molecule has 0 bridgehead atoms. The van der Waals surface area contributed by atoms with E-state index in [1.165, 1.54) is 10.7 Å². The van der Waals surface area contributed by atoms with Crippen LogP contribution >= 0.6 is 0 Å². The molecule has 3 aromatic rings. The molecule has 1 aliphatic heterocycles. The molecule has 1 fully saturated rings. The lowest BCUT2D eigenvalue weighted by atomic mass is 9.98. The number of carbonyl (C=O) groups excluding carboxylic acids is 1. The van der Waals surface area contributed by atoms with Crippen LogP contribution in [0, 0.1) is 33.6 Å². The zero-order valence-corrected chi connectivity index (χ0v) is 17.2. The first-order valence-corrected chi connectivity index (χ1v) is 9.79. The van der Waals surface area contributed by atoms with Gasteiger partial charge in [0, 0.05) is 36.3 Å². The topological polar surface area (TPSA) is 73.0 Å². The molecule has 2 aromatic heterocycles. The van der Waals surface area contributed by atoms with Crippen molar-refractivity contribution in [2.24, 2.45) is 5.92 Å². The summed E-state index contributed by atoms with van der Waals surface area (Å²) in [5.41, 5.74) is 4.62. The molecule has 150 valence electrons. The molecule has 0 saturated carbocycles. The standard InChI is InChI=1S/C22H25N5O2/c1-14-7-15(2)9-19(8-14)22(29)25-11-18(12-25)13-26-21(28)6-5-20(24-26)27-17(4)10-16(3)23-27/h5-10,18H,11-13H2,1-4H3. The van der Waals surface area contributed by atoms with E-state index in [9.17, 15) is 9.59 Å². The van der Waals surface area contributed by atoms with Crippen LogP contribution in [0.1, 0.15) is 32.9 Å². The number of hydrogen-bond acceptors (Lipinski definition) is 4. The second-order valence-corrected chi connectivity index (χ2v) is 8.00. The Morgan fingerprint density at radius 1 is 1.00 bits per heavy atom. The molecule has 0 atom stereocenters. The summed E-state index contributed by atoms with van der Waals surface area (Å²) in [6.45, 7) is 9.62. The van der Waals surface area contributed by atoms with Gasteiger partial charge in [0.05, 0.1) is 12.2 Å². The summed E-state index contributed by atoms with van der Waals surface area (Å²) in [5.74, 6) is 0.883. The largest absolute Gasteiger partial charge is 0.338 e. The van der Waals surface area contributed by atoms with E-state index in [-0.39, 0.29) is 17.4 Å². The average Bonchev–Trinajstić information content (AvgIpc) is 2.96. The van der Waals surface area contributed by atoms with Crippen LogP contribution in [0.2, 0.25) is 0 Å². The summed E-state index contributed by atoms with van der Waals surface area (Å²) in [7, 11) is 0. The van der Waals surface area contributed by atoms with E-state index in [4.69, 9.17) is 0 Å².